The number of epoxide rings is 1. The van der Waals surface area contributed by atoms with Gasteiger partial charge in [-0.2, -0.15) is 0 Å². The maximum Gasteiger partial charge on any atom is 0.366 e. The molecule has 3 aliphatic carbocycles. The summed E-state index contributed by atoms with van der Waals surface area (Å²) in [6.07, 6.45) is -2.57. The molecule has 3 saturated carbocycles. The van der Waals surface area contributed by atoms with Gasteiger partial charge in [-0.05, 0) is 33.3 Å². The highest BCUT2D eigenvalue weighted by atomic mass is 16.7. The summed E-state index contributed by atoms with van der Waals surface area (Å²) in [5.41, 5.74) is -8.96. The number of methoxy groups -OCH3 is 3. The highest BCUT2D eigenvalue weighted by molar-refractivity contribution is 5.88. The van der Waals surface area contributed by atoms with Crippen LogP contribution in [-0.4, -0.2) is 128 Å². The van der Waals surface area contributed by atoms with Crippen LogP contribution in [0.4, 0.5) is 0 Å². The van der Waals surface area contributed by atoms with Crippen LogP contribution in [0.5, 0.6) is 0 Å². The molecule has 1 spiro atoms. The zero-order valence-electron chi connectivity index (χ0n) is 30.4. The smallest absolute Gasteiger partial charge is 0.366 e. The van der Waals surface area contributed by atoms with Gasteiger partial charge in [0.25, 0.3) is 5.79 Å². The first kappa shape index (κ1) is 35.9. The van der Waals surface area contributed by atoms with Crippen molar-refractivity contribution in [2.24, 2.45) is 34.0 Å². The Morgan fingerprint density at radius 3 is 2.31 bits per heavy atom. The minimum absolute atomic E-state index is 0.231. The molecule has 8 aliphatic rings. The molecule has 5 heterocycles. The third-order valence-electron chi connectivity index (χ3n) is 14.4. The van der Waals surface area contributed by atoms with E-state index in [0.717, 1.165) is 0 Å². The van der Waals surface area contributed by atoms with Crippen molar-refractivity contribution in [3.05, 3.63) is 24.0 Å². The first-order chi connectivity index (χ1) is 24.5. The molecule has 2 bridgehead atoms. The van der Waals surface area contributed by atoms with Crippen molar-refractivity contribution in [3.8, 4) is 0 Å². The molecule has 7 fully saturated rings. The third kappa shape index (κ3) is 3.67. The number of fused-ring (bicyclic) bond motifs is 7. The van der Waals surface area contributed by atoms with Gasteiger partial charge in [-0.3, -0.25) is 9.59 Å². The molecule has 0 aromatic carbocycles. The molecule has 0 aromatic heterocycles. The lowest BCUT2D eigenvalue weighted by Crippen LogP contribution is -2.79. The Bertz CT molecular complexity index is 1680. The van der Waals surface area contributed by atoms with Crippen LogP contribution >= 0.6 is 0 Å². The summed E-state index contributed by atoms with van der Waals surface area (Å²) in [5.74, 6) is -8.49. The minimum atomic E-state index is -2.28. The molecular weight excluding hydrogens is 688 g/mol. The van der Waals surface area contributed by atoms with Crippen molar-refractivity contribution < 1.29 is 76.8 Å². The van der Waals surface area contributed by atoms with E-state index in [1.165, 1.54) is 40.6 Å². The summed E-state index contributed by atoms with van der Waals surface area (Å²) in [5, 5.41) is 25.0. The second-order valence-electron chi connectivity index (χ2n) is 15.9. The van der Waals surface area contributed by atoms with Crippen LogP contribution in [0, 0.1) is 34.0 Å². The summed E-state index contributed by atoms with van der Waals surface area (Å²) in [6, 6.07) is 0. The van der Waals surface area contributed by atoms with Gasteiger partial charge >= 0.3 is 23.9 Å². The van der Waals surface area contributed by atoms with E-state index in [1.807, 2.05) is 6.92 Å². The Labute approximate surface area is 299 Å². The van der Waals surface area contributed by atoms with E-state index in [0.29, 0.717) is 6.42 Å². The van der Waals surface area contributed by atoms with Crippen molar-refractivity contribution in [1.29, 1.82) is 0 Å². The average molecular weight is 735 g/mol. The first-order valence-electron chi connectivity index (χ1n) is 17.6. The van der Waals surface area contributed by atoms with Gasteiger partial charge in [-0.25, -0.2) is 9.59 Å². The molecule has 0 unspecified atom stereocenters. The van der Waals surface area contributed by atoms with Gasteiger partial charge in [-0.15, -0.1) is 0 Å². The van der Waals surface area contributed by atoms with Gasteiger partial charge in [-0.1, -0.05) is 13.0 Å². The molecule has 2 N–H and O–H groups in total. The Morgan fingerprint density at radius 2 is 1.67 bits per heavy atom. The standard InChI is InChI=1S/C36H46O16/c1-9-16(2)25(39)50-19-13-20(49-17(3)37)33(27(40)43-6)14-47-22-23(33)32(19)15-48-35(45-8,28(41)44-7)26(32)30(4,24(22)38)36-21-12-18(31(36,5)52-36)34(42)10-11-46-29(34)51-21/h9-11,18-24,26,29,38,42H,12-15H2,1-8H3/b16-9+/t18-,19+,20-,21+,22-,23-,24-,26+,29+,30-,31+,32+,33+,34+,35+,36+/m1/s1. The summed E-state index contributed by atoms with van der Waals surface area (Å²) in [7, 11) is 3.63. The van der Waals surface area contributed by atoms with Gasteiger partial charge in [0, 0.05) is 54.6 Å². The second kappa shape index (κ2) is 11.0. The number of aliphatic hydroxyl groups is 2. The van der Waals surface area contributed by atoms with E-state index in [-0.39, 0.29) is 25.2 Å². The molecule has 0 aromatic rings. The average Bonchev–Trinajstić information content (AvgIpc) is 3.52. The Hall–Kier alpha value is -3.12. The van der Waals surface area contributed by atoms with Crippen LogP contribution in [-0.2, 0) is 66.5 Å². The van der Waals surface area contributed by atoms with E-state index < -0.39 is 117 Å². The quantitative estimate of drug-likeness (QED) is 0.158. The number of ether oxygens (including phenoxy) is 10. The van der Waals surface area contributed by atoms with Gasteiger partial charge in [0.15, 0.2) is 5.60 Å². The monoisotopic (exact) mass is 734 g/mol. The summed E-state index contributed by atoms with van der Waals surface area (Å²) >= 11 is 0. The fourth-order valence-electron chi connectivity index (χ4n) is 12.4. The highest BCUT2D eigenvalue weighted by Gasteiger charge is 2.97. The predicted molar refractivity (Wildman–Crippen MR) is 169 cm³/mol. The van der Waals surface area contributed by atoms with Gasteiger partial charge in [0.2, 0.25) is 6.29 Å². The Morgan fingerprint density at radius 1 is 0.962 bits per heavy atom. The predicted octanol–water partition coefficient (Wildman–Crippen LogP) is 0.451. The summed E-state index contributed by atoms with van der Waals surface area (Å²) in [4.78, 5) is 55.0. The summed E-state index contributed by atoms with van der Waals surface area (Å²) in [6.45, 7) is 7.29. The zero-order chi connectivity index (χ0) is 37.6. The van der Waals surface area contributed by atoms with Crippen molar-refractivity contribution in [2.45, 2.75) is 107 Å². The normalized spacial score (nSPS) is 53.1. The van der Waals surface area contributed by atoms with Crippen LogP contribution in [0.25, 0.3) is 0 Å². The van der Waals surface area contributed by atoms with Crippen LogP contribution in [0.1, 0.15) is 47.5 Å². The maximum absolute atomic E-state index is 14.3. The van der Waals surface area contributed by atoms with Crippen LogP contribution in [0.2, 0.25) is 0 Å². The molecule has 0 amide bonds. The fourth-order valence-corrected chi connectivity index (χ4v) is 12.4. The molecule has 16 heteroatoms. The highest BCUT2D eigenvalue weighted by Crippen LogP contribution is 2.83. The van der Waals surface area contributed by atoms with Crippen molar-refractivity contribution >= 4 is 23.9 Å². The van der Waals surface area contributed by atoms with E-state index in [9.17, 15) is 29.4 Å². The Kier molecular flexibility index (Phi) is 7.58. The van der Waals surface area contributed by atoms with Crippen molar-refractivity contribution in [3.63, 3.8) is 0 Å². The van der Waals surface area contributed by atoms with Crippen LogP contribution in [0.15, 0.2) is 24.0 Å². The lowest BCUT2D eigenvalue weighted by atomic mass is 9.37. The van der Waals surface area contributed by atoms with E-state index in [4.69, 9.17) is 47.4 Å². The number of esters is 4. The summed E-state index contributed by atoms with van der Waals surface area (Å²) < 4.78 is 61.2. The molecule has 8 rings (SSSR count). The lowest BCUT2D eigenvalue weighted by molar-refractivity contribution is -0.317. The molecular formula is C36H46O16. The number of rotatable bonds is 7. The number of hydrogen-bond acceptors (Lipinski definition) is 16. The number of hydrogen-bond donors (Lipinski definition) is 2. The number of carbonyl (C=O) groups is 4. The maximum atomic E-state index is 14.3. The SMILES string of the molecule is C/C=C(\C)C(=O)O[C@H]1C[C@@H](OC(C)=O)[C@@]2(C(=O)OC)CO[C@H]3[C@@H](O)[C@@](C)([C@]45O[C@@]4(C)[C@H]4C[C@@H]5O[C@@H]5OC=C[C@@]54O)[C@@H]4[C@@](OC)(C(=O)OC)OC[C@@]14[C@@H]32. The number of allylic oxidation sites excluding steroid dienone is 1. The molecule has 286 valence electrons. The topological polar surface area (TPSA) is 204 Å². The van der Waals surface area contributed by atoms with Crippen molar-refractivity contribution in [1.82, 2.24) is 0 Å². The number of aliphatic hydroxyl groups excluding tert-OH is 1. The van der Waals surface area contributed by atoms with Gasteiger partial charge < -0.3 is 57.6 Å². The zero-order valence-corrected chi connectivity index (χ0v) is 30.4. The molecule has 16 nitrogen and oxygen atoms in total. The second-order valence-corrected chi connectivity index (χ2v) is 15.9. The van der Waals surface area contributed by atoms with Gasteiger partial charge in [0.05, 0.1) is 52.0 Å². The van der Waals surface area contributed by atoms with E-state index >= 15 is 0 Å². The Balaban J connectivity index is 1.41. The largest absolute Gasteiger partial charge is 0.469 e. The molecule has 4 saturated heterocycles. The number of carbonyl (C=O) groups excluding carboxylic acids is 4. The first-order valence-corrected chi connectivity index (χ1v) is 17.6. The lowest BCUT2D eigenvalue weighted by Gasteiger charge is -2.66. The molecule has 16 atom stereocenters. The van der Waals surface area contributed by atoms with E-state index in [2.05, 4.69) is 0 Å². The minimum Gasteiger partial charge on any atom is -0.469 e. The van der Waals surface area contributed by atoms with Crippen LogP contribution in [0.3, 0.4) is 0 Å². The molecule has 5 aliphatic heterocycles. The fraction of sp³-hybridized carbons (Fsp3) is 0.778. The van der Waals surface area contributed by atoms with Crippen LogP contribution < -0.4 is 0 Å². The van der Waals surface area contributed by atoms with Gasteiger partial charge in [0.1, 0.15) is 28.8 Å². The van der Waals surface area contributed by atoms with E-state index in [1.54, 1.807) is 26.8 Å². The van der Waals surface area contributed by atoms with Crippen molar-refractivity contribution in [2.75, 3.05) is 34.5 Å². The molecule has 52 heavy (non-hydrogen) atoms. The third-order valence-corrected chi connectivity index (χ3v) is 14.4. The molecule has 0 radical (unpaired) electrons.